The molecular weight excluding hydrogens is 266 g/mol. The molecule has 0 saturated heterocycles. The smallest absolute Gasteiger partial charge is 0.273 e. The molecule has 1 atom stereocenters. The van der Waals surface area contributed by atoms with Gasteiger partial charge in [-0.1, -0.05) is 20.3 Å². The Morgan fingerprint density at radius 1 is 1.29 bits per heavy atom. The first kappa shape index (κ1) is 17.3. The third-order valence-corrected chi connectivity index (χ3v) is 3.70. The van der Waals surface area contributed by atoms with Crippen LogP contribution >= 0.6 is 0 Å². The van der Waals surface area contributed by atoms with Crippen molar-refractivity contribution in [2.75, 3.05) is 23.3 Å². The summed E-state index contributed by atoms with van der Waals surface area (Å²) in [6, 6.07) is 5.66. The molecule has 1 unspecified atom stereocenters. The summed E-state index contributed by atoms with van der Waals surface area (Å²) in [5.41, 5.74) is 1.89. The van der Waals surface area contributed by atoms with Gasteiger partial charge in [-0.05, 0) is 32.8 Å². The first-order chi connectivity index (χ1) is 10.0. The maximum atomic E-state index is 11.1. The zero-order valence-corrected chi connectivity index (χ0v) is 13.6. The molecule has 1 N–H and O–H groups in total. The average Bonchev–Trinajstić information content (AvgIpc) is 2.47. The van der Waals surface area contributed by atoms with Crippen molar-refractivity contribution in [3.63, 3.8) is 0 Å². The molecule has 21 heavy (non-hydrogen) atoms. The maximum absolute atomic E-state index is 11.1. The topological polar surface area (TPSA) is 58.4 Å². The van der Waals surface area contributed by atoms with Crippen LogP contribution in [0.3, 0.4) is 0 Å². The number of unbranched alkanes of at least 4 members (excludes halogenated alkanes) is 1. The summed E-state index contributed by atoms with van der Waals surface area (Å²) < 4.78 is 0. The van der Waals surface area contributed by atoms with Crippen LogP contribution in [0.25, 0.3) is 0 Å². The Bertz CT molecular complexity index is 463. The number of benzene rings is 1. The highest BCUT2D eigenvalue weighted by Crippen LogP contribution is 2.29. The van der Waals surface area contributed by atoms with Crippen LogP contribution < -0.4 is 10.2 Å². The molecule has 0 aliphatic heterocycles. The van der Waals surface area contributed by atoms with E-state index in [1.165, 1.54) is 0 Å². The molecule has 118 valence electrons. The van der Waals surface area contributed by atoms with Gasteiger partial charge in [0.1, 0.15) is 0 Å². The van der Waals surface area contributed by atoms with Crippen LogP contribution in [0.15, 0.2) is 18.2 Å². The van der Waals surface area contributed by atoms with Gasteiger partial charge in [-0.3, -0.25) is 10.1 Å². The maximum Gasteiger partial charge on any atom is 0.273 e. The van der Waals surface area contributed by atoms with Crippen molar-refractivity contribution in [2.45, 2.75) is 53.0 Å². The van der Waals surface area contributed by atoms with Crippen molar-refractivity contribution in [3.05, 3.63) is 28.3 Å². The highest BCUT2D eigenvalue weighted by molar-refractivity contribution is 5.64. The van der Waals surface area contributed by atoms with Crippen molar-refractivity contribution in [3.8, 4) is 0 Å². The van der Waals surface area contributed by atoms with Crippen LogP contribution in [-0.2, 0) is 0 Å². The minimum Gasteiger partial charge on any atom is -0.385 e. The number of hydrogen-bond donors (Lipinski definition) is 1. The van der Waals surface area contributed by atoms with Gasteiger partial charge >= 0.3 is 0 Å². The van der Waals surface area contributed by atoms with E-state index in [9.17, 15) is 10.1 Å². The Hall–Kier alpha value is -1.78. The van der Waals surface area contributed by atoms with E-state index >= 15 is 0 Å². The number of hydrogen-bond acceptors (Lipinski definition) is 4. The Morgan fingerprint density at radius 3 is 2.52 bits per heavy atom. The van der Waals surface area contributed by atoms with Crippen LogP contribution in [0, 0.1) is 10.1 Å². The van der Waals surface area contributed by atoms with Gasteiger partial charge in [0.05, 0.1) is 4.92 Å². The van der Waals surface area contributed by atoms with E-state index in [1.807, 2.05) is 13.0 Å². The summed E-state index contributed by atoms with van der Waals surface area (Å²) in [6.07, 6.45) is 3.22. The highest BCUT2D eigenvalue weighted by Gasteiger charge is 2.17. The van der Waals surface area contributed by atoms with Crippen LogP contribution in [0.2, 0.25) is 0 Å². The number of nitro groups is 1. The van der Waals surface area contributed by atoms with Gasteiger partial charge in [0.25, 0.3) is 5.69 Å². The fourth-order valence-corrected chi connectivity index (χ4v) is 2.33. The third kappa shape index (κ3) is 4.92. The molecule has 0 saturated carbocycles. The Balaban J connectivity index is 3.17. The third-order valence-electron chi connectivity index (χ3n) is 3.70. The summed E-state index contributed by atoms with van der Waals surface area (Å²) in [7, 11) is 0. The van der Waals surface area contributed by atoms with E-state index in [0.29, 0.717) is 6.04 Å². The van der Waals surface area contributed by atoms with Gasteiger partial charge < -0.3 is 10.2 Å². The Morgan fingerprint density at radius 2 is 2.00 bits per heavy atom. The second-order valence-electron chi connectivity index (χ2n) is 5.33. The summed E-state index contributed by atoms with van der Waals surface area (Å²) in [6.45, 7) is 10.1. The van der Waals surface area contributed by atoms with E-state index in [-0.39, 0.29) is 10.6 Å². The Labute approximate surface area is 127 Å². The van der Waals surface area contributed by atoms with Crippen molar-refractivity contribution in [1.82, 2.24) is 0 Å². The number of nitrogens with zero attached hydrogens (tertiary/aromatic N) is 2. The van der Waals surface area contributed by atoms with E-state index in [2.05, 4.69) is 31.0 Å². The fraction of sp³-hybridized carbons (Fsp3) is 0.625. The molecule has 0 spiro atoms. The lowest BCUT2D eigenvalue weighted by molar-refractivity contribution is -0.384. The summed E-state index contributed by atoms with van der Waals surface area (Å²) in [5.74, 6) is 0. The predicted octanol–water partition coefficient (Wildman–Crippen LogP) is 4.43. The van der Waals surface area contributed by atoms with E-state index in [1.54, 1.807) is 12.1 Å². The van der Waals surface area contributed by atoms with E-state index in [0.717, 1.165) is 43.7 Å². The predicted molar refractivity (Wildman–Crippen MR) is 89.3 cm³/mol. The molecule has 0 fully saturated rings. The van der Waals surface area contributed by atoms with Gasteiger partial charge in [-0.15, -0.1) is 0 Å². The first-order valence-electron chi connectivity index (χ1n) is 7.83. The highest BCUT2D eigenvalue weighted by atomic mass is 16.6. The van der Waals surface area contributed by atoms with Gasteiger partial charge in [0, 0.05) is 42.6 Å². The molecule has 0 aliphatic carbocycles. The van der Waals surface area contributed by atoms with Gasteiger partial charge in [0.2, 0.25) is 0 Å². The van der Waals surface area contributed by atoms with Crippen LogP contribution in [0.5, 0.6) is 0 Å². The zero-order valence-electron chi connectivity index (χ0n) is 13.6. The lowest BCUT2D eigenvalue weighted by Crippen LogP contribution is -2.33. The van der Waals surface area contributed by atoms with Crippen LogP contribution in [0.1, 0.15) is 47.0 Å². The molecule has 1 aromatic carbocycles. The normalized spacial score (nSPS) is 12.0. The minimum absolute atomic E-state index is 0.147. The molecule has 5 heteroatoms. The number of nitro benzene ring substituents is 1. The second-order valence-corrected chi connectivity index (χ2v) is 5.33. The number of non-ortho nitro benzene ring substituents is 1. The molecule has 0 aliphatic rings. The number of anilines is 2. The van der Waals surface area contributed by atoms with E-state index < -0.39 is 0 Å². The monoisotopic (exact) mass is 293 g/mol. The van der Waals surface area contributed by atoms with Crippen molar-refractivity contribution in [1.29, 1.82) is 0 Å². The number of rotatable bonds is 9. The minimum atomic E-state index is -0.320. The summed E-state index contributed by atoms with van der Waals surface area (Å²) in [4.78, 5) is 13.1. The van der Waals surface area contributed by atoms with Gasteiger partial charge in [-0.25, -0.2) is 0 Å². The lowest BCUT2D eigenvalue weighted by Gasteiger charge is -2.31. The van der Waals surface area contributed by atoms with Gasteiger partial charge in [-0.2, -0.15) is 0 Å². The van der Waals surface area contributed by atoms with E-state index in [4.69, 9.17) is 0 Å². The number of nitrogens with one attached hydrogen (secondary N) is 1. The lowest BCUT2D eigenvalue weighted by atomic mass is 10.1. The quantitative estimate of drug-likeness (QED) is 0.540. The Kier molecular flexibility index (Phi) is 6.99. The molecule has 0 heterocycles. The second kappa shape index (κ2) is 8.49. The summed E-state index contributed by atoms with van der Waals surface area (Å²) in [5, 5.41) is 14.3. The fourth-order valence-electron chi connectivity index (χ4n) is 2.33. The van der Waals surface area contributed by atoms with Gasteiger partial charge in [0.15, 0.2) is 0 Å². The average molecular weight is 293 g/mol. The largest absolute Gasteiger partial charge is 0.385 e. The molecule has 0 amide bonds. The van der Waals surface area contributed by atoms with Crippen molar-refractivity contribution < 1.29 is 4.92 Å². The standard InChI is InChI=1S/C16H27N3O2/c1-5-8-9-18(13(4)6-2)15-10-14(17-7-3)11-16(12-15)19(20)21/h10-13,17H,5-9H2,1-4H3. The molecule has 0 bridgehead atoms. The summed E-state index contributed by atoms with van der Waals surface area (Å²) >= 11 is 0. The molecular formula is C16H27N3O2. The molecule has 0 radical (unpaired) electrons. The first-order valence-corrected chi connectivity index (χ1v) is 7.83. The van der Waals surface area contributed by atoms with Crippen molar-refractivity contribution in [2.24, 2.45) is 0 Å². The van der Waals surface area contributed by atoms with Crippen molar-refractivity contribution >= 4 is 17.1 Å². The molecule has 1 aromatic rings. The zero-order chi connectivity index (χ0) is 15.8. The SMILES string of the molecule is CCCCN(c1cc(NCC)cc([N+](=O)[O-])c1)C(C)CC. The van der Waals surface area contributed by atoms with Crippen LogP contribution in [-0.4, -0.2) is 24.1 Å². The molecule has 1 rings (SSSR count). The van der Waals surface area contributed by atoms with Crippen LogP contribution in [0.4, 0.5) is 17.1 Å². The molecule has 5 nitrogen and oxygen atoms in total. The molecule has 0 aromatic heterocycles.